The Morgan fingerprint density at radius 1 is 0.941 bits per heavy atom. The summed E-state index contributed by atoms with van der Waals surface area (Å²) >= 11 is 0. The Labute approximate surface area is 206 Å². The molecule has 4 nitrogen and oxygen atoms in total. The highest BCUT2D eigenvalue weighted by Gasteiger charge is 2.55. The molecule has 0 radical (unpaired) electrons. The first-order valence-electron chi connectivity index (χ1n) is 13.9. The van der Waals surface area contributed by atoms with Gasteiger partial charge in [-0.25, -0.2) is 4.99 Å². The summed E-state index contributed by atoms with van der Waals surface area (Å²) in [4.78, 5) is 10.1. The van der Waals surface area contributed by atoms with E-state index in [2.05, 4.69) is 68.1 Å². The molecule has 0 spiro atoms. The van der Waals surface area contributed by atoms with E-state index in [1.165, 1.54) is 55.3 Å². The summed E-state index contributed by atoms with van der Waals surface area (Å²) in [5.74, 6) is 5.03. The lowest BCUT2D eigenvalue weighted by atomic mass is 9.49. The number of anilines is 1. The van der Waals surface area contributed by atoms with E-state index in [0.29, 0.717) is 23.3 Å². The van der Waals surface area contributed by atoms with Crippen molar-refractivity contribution in [2.45, 2.75) is 90.5 Å². The summed E-state index contributed by atoms with van der Waals surface area (Å²) in [5, 5.41) is 0. The molecule has 4 heteroatoms. The van der Waals surface area contributed by atoms with Crippen LogP contribution in [-0.2, 0) is 4.74 Å². The SMILES string of the molecule is CC(C)c1cccc(C(C)C)c1N1C=CN(CC[C@@H]2COC(C34CC5CC(CC(C5)C3)C4)=N2)C1. The molecule has 184 valence electrons. The average Bonchev–Trinajstić information content (AvgIpc) is 3.46. The van der Waals surface area contributed by atoms with Crippen molar-refractivity contribution in [2.75, 3.05) is 24.7 Å². The van der Waals surface area contributed by atoms with Gasteiger partial charge in [0.1, 0.15) is 6.61 Å². The van der Waals surface area contributed by atoms with Crippen LogP contribution in [-0.4, -0.2) is 36.7 Å². The molecule has 0 N–H and O–H groups in total. The second-order valence-corrected chi connectivity index (χ2v) is 12.7. The number of hydrogen-bond acceptors (Lipinski definition) is 4. The molecule has 0 saturated heterocycles. The fourth-order valence-corrected chi connectivity index (χ4v) is 8.14. The third-order valence-corrected chi connectivity index (χ3v) is 9.37. The molecule has 0 aromatic heterocycles. The predicted octanol–water partition coefficient (Wildman–Crippen LogP) is 6.89. The lowest BCUT2D eigenvalue weighted by Crippen LogP contribution is -2.50. The van der Waals surface area contributed by atoms with Crippen LogP contribution in [0.2, 0.25) is 0 Å². The molecule has 2 heterocycles. The second-order valence-electron chi connectivity index (χ2n) is 12.7. The molecule has 2 aliphatic heterocycles. The van der Waals surface area contributed by atoms with Gasteiger partial charge in [0.25, 0.3) is 0 Å². The van der Waals surface area contributed by atoms with Crippen LogP contribution in [0.25, 0.3) is 0 Å². The molecular formula is C30H43N3O. The minimum atomic E-state index is 0.307. The summed E-state index contributed by atoms with van der Waals surface area (Å²) in [5.41, 5.74) is 4.62. The summed E-state index contributed by atoms with van der Waals surface area (Å²) in [6.07, 6.45) is 14.1. The number of benzene rings is 1. The van der Waals surface area contributed by atoms with Crippen LogP contribution in [0.3, 0.4) is 0 Å². The van der Waals surface area contributed by atoms with E-state index in [0.717, 1.165) is 49.9 Å². The molecule has 1 atom stereocenters. The molecule has 1 aromatic rings. The molecule has 6 aliphatic rings. The Bertz CT molecular complexity index is 916. The van der Waals surface area contributed by atoms with Crippen molar-refractivity contribution >= 4 is 11.6 Å². The van der Waals surface area contributed by atoms with Crippen molar-refractivity contribution in [3.63, 3.8) is 0 Å². The van der Waals surface area contributed by atoms with Gasteiger partial charge >= 0.3 is 0 Å². The largest absolute Gasteiger partial charge is 0.478 e. The van der Waals surface area contributed by atoms with Gasteiger partial charge in [0.2, 0.25) is 0 Å². The molecule has 7 rings (SSSR count). The maximum Gasteiger partial charge on any atom is 0.190 e. The first-order chi connectivity index (χ1) is 16.4. The summed E-state index contributed by atoms with van der Waals surface area (Å²) < 4.78 is 6.34. The zero-order valence-corrected chi connectivity index (χ0v) is 21.7. The first-order valence-corrected chi connectivity index (χ1v) is 13.9. The van der Waals surface area contributed by atoms with E-state index < -0.39 is 0 Å². The zero-order chi connectivity index (χ0) is 23.4. The van der Waals surface area contributed by atoms with E-state index in [1.807, 2.05) is 0 Å². The smallest absolute Gasteiger partial charge is 0.190 e. The number of ether oxygens (including phenoxy) is 1. The van der Waals surface area contributed by atoms with Gasteiger partial charge in [0.15, 0.2) is 5.90 Å². The Hall–Kier alpha value is -1.97. The maximum absolute atomic E-state index is 6.34. The van der Waals surface area contributed by atoms with E-state index >= 15 is 0 Å². The summed E-state index contributed by atoms with van der Waals surface area (Å²) in [7, 11) is 0. The van der Waals surface area contributed by atoms with Gasteiger partial charge in [0.05, 0.1) is 12.7 Å². The minimum Gasteiger partial charge on any atom is -0.478 e. The first kappa shape index (κ1) is 22.5. The van der Waals surface area contributed by atoms with Crippen LogP contribution in [0, 0.1) is 23.2 Å². The Kier molecular flexibility index (Phi) is 5.69. The molecule has 34 heavy (non-hydrogen) atoms. The summed E-state index contributed by atoms with van der Waals surface area (Å²) in [6, 6.07) is 7.17. The van der Waals surface area contributed by atoms with Crippen LogP contribution in [0.1, 0.15) is 95.6 Å². The van der Waals surface area contributed by atoms with Gasteiger partial charge in [-0.15, -0.1) is 0 Å². The van der Waals surface area contributed by atoms with Gasteiger partial charge in [-0.05, 0) is 85.7 Å². The lowest BCUT2D eigenvalue weighted by Gasteiger charge is -2.56. The number of rotatable bonds is 7. The quantitative estimate of drug-likeness (QED) is 0.443. The van der Waals surface area contributed by atoms with Gasteiger partial charge in [-0.2, -0.15) is 0 Å². The Morgan fingerprint density at radius 2 is 1.56 bits per heavy atom. The van der Waals surface area contributed by atoms with Crippen molar-refractivity contribution in [1.29, 1.82) is 0 Å². The number of hydrogen-bond donors (Lipinski definition) is 0. The Balaban J connectivity index is 1.09. The van der Waals surface area contributed by atoms with Crippen molar-refractivity contribution in [3.8, 4) is 0 Å². The van der Waals surface area contributed by atoms with Crippen LogP contribution in [0.5, 0.6) is 0 Å². The molecule has 4 aliphatic carbocycles. The average molecular weight is 462 g/mol. The van der Waals surface area contributed by atoms with Crippen molar-refractivity contribution < 1.29 is 4.74 Å². The lowest BCUT2D eigenvalue weighted by molar-refractivity contribution is -0.0226. The molecule has 0 unspecified atom stereocenters. The highest BCUT2D eigenvalue weighted by atomic mass is 16.5. The third-order valence-electron chi connectivity index (χ3n) is 9.37. The van der Waals surface area contributed by atoms with E-state index in [-0.39, 0.29) is 0 Å². The molecule has 4 bridgehead atoms. The van der Waals surface area contributed by atoms with Crippen molar-refractivity contribution in [2.24, 2.45) is 28.2 Å². The normalized spacial score (nSPS) is 34.0. The highest BCUT2D eigenvalue weighted by molar-refractivity contribution is 5.84. The topological polar surface area (TPSA) is 28.1 Å². The monoisotopic (exact) mass is 461 g/mol. The van der Waals surface area contributed by atoms with Crippen molar-refractivity contribution in [1.82, 2.24) is 4.90 Å². The predicted molar refractivity (Wildman–Crippen MR) is 140 cm³/mol. The minimum absolute atomic E-state index is 0.307. The van der Waals surface area contributed by atoms with Gasteiger partial charge in [-0.3, -0.25) is 0 Å². The van der Waals surface area contributed by atoms with Crippen molar-refractivity contribution in [3.05, 3.63) is 41.7 Å². The molecule has 0 amide bonds. The maximum atomic E-state index is 6.34. The van der Waals surface area contributed by atoms with Crippen LogP contribution >= 0.6 is 0 Å². The van der Waals surface area contributed by atoms with Gasteiger partial charge in [-0.1, -0.05) is 45.9 Å². The molecule has 4 fully saturated rings. The standard InChI is InChI=1S/C30H43N3O/c1-20(2)26-6-5-7-27(21(3)4)28(26)33-11-10-32(19-33)9-8-25-18-34-29(31-25)30-15-22-12-23(16-30)14-24(13-22)17-30/h5-7,10-11,20-25H,8-9,12-19H2,1-4H3/t22?,23?,24?,25-,30?/m1/s1. The number of nitrogens with zero attached hydrogens (tertiary/aromatic N) is 3. The van der Waals surface area contributed by atoms with Gasteiger partial charge in [0, 0.05) is 30.0 Å². The van der Waals surface area contributed by atoms with E-state index in [1.54, 1.807) is 0 Å². The number of aliphatic imine (C=N–C) groups is 1. The van der Waals surface area contributed by atoms with Gasteiger partial charge < -0.3 is 14.5 Å². The van der Waals surface area contributed by atoms with Crippen LogP contribution in [0.4, 0.5) is 5.69 Å². The van der Waals surface area contributed by atoms with E-state index in [9.17, 15) is 0 Å². The van der Waals surface area contributed by atoms with Crippen LogP contribution < -0.4 is 4.90 Å². The van der Waals surface area contributed by atoms with E-state index in [4.69, 9.17) is 9.73 Å². The summed E-state index contributed by atoms with van der Waals surface area (Å²) in [6.45, 7) is 12.0. The molecular weight excluding hydrogens is 418 g/mol. The second kappa shape index (κ2) is 8.60. The Morgan fingerprint density at radius 3 is 2.15 bits per heavy atom. The molecule has 1 aromatic carbocycles. The molecule has 4 saturated carbocycles. The number of para-hydroxylation sites is 1. The third kappa shape index (κ3) is 3.95. The fourth-order valence-electron chi connectivity index (χ4n) is 8.14. The zero-order valence-electron chi connectivity index (χ0n) is 21.7. The van der Waals surface area contributed by atoms with Crippen LogP contribution in [0.15, 0.2) is 35.6 Å². The fraction of sp³-hybridized carbons (Fsp3) is 0.700. The highest BCUT2D eigenvalue weighted by Crippen LogP contribution is 2.61.